The lowest BCUT2D eigenvalue weighted by Crippen LogP contribution is -2.19. The van der Waals surface area contributed by atoms with Crippen LogP contribution in [0.2, 0.25) is 0 Å². The summed E-state index contributed by atoms with van der Waals surface area (Å²) in [4.78, 5) is 11.1. The van der Waals surface area contributed by atoms with E-state index in [1.165, 1.54) is 19.1 Å². The number of hydrogen-bond acceptors (Lipinski definition) is 4. The first-order valence-corrected chi connectivity index (χ1v) is 5.00. The number of benzene rings is 1. The molecule has 0 aliphatic heterocycles. The SMILES string of the molecule is CC(=O)c1ccc(F)c(C(O)C(O)CC#N)c1. The van der Waals surface area contributed by atoms with Crippen LogP contribution in [0.25, 0.3) is 0 Å². The number of Topliss-reactive ketones (excluding diaryl/α,β-unsaturated/α-hetero) is 1. The summed E-state index contributed by atoms with van der Waals surface area (Å²) in [6, 6.07) is 5.21. The van der Waals surface area contributed by atoms with E-state index in [0.717, 1.165) is 6.07 Å². The molecule has 4 nitrogen and oxygen atoms in total. The third-order valence-corrected chi connectivity index (χ3v) is 2.39. The van der Waals surface area contributed by atoms with E-state index in [9.17, 15) is 19.4 Å². The topological polar surface area (TPSA) is 81.3 Å². The number of halogens is 1. The van der Waals surface area contributed by atoms with E-state index < -0.39 is 18.0 Å². The van der Waals surface area contributed by atoms with Crippen molar-refractivity contribution in [3.63, 3.8) is 0 Å². The highest BCUT2D eigenvalue weighted by Crippen LogP contribution is 2.23. The Morgan fingerprint density at radius 2 is 2.18 bits per heavy atom. The molecule has 0 radical (unpaired) electrons. The Morgan fingerprint density at radius 1 is 1.53 bits per heavy atom. The minimum Gasteiger partial charge on any atom is -0.389 e. The maximum atomic E-state index is 13.4. The van der Waals surface area contributed by atoms with E-state index in [0.29, 0.717) is 0 Å². The van der Waals surface area contributed by atoms with Gasteiger partial charge in [0.2, 0.25) is 0 Å². The van der Waals surface area contributed by atoms with Crippen LogP contribution in [0.3, 0.4) is 0 Å². The standard InChI is InChI=1S/C12H12FNO3/c1-7(15)8-2-3-10(13)9(6-8)12(17)11(16)4-5-14/h2-3,6,11-12,16-17H,4H2,1H3. The number of carbonyl (C=O) groups excluding carboxylic acids is 1. The van der Waals surface area contributed by atoms with E-state index in [1.807, 2.05) is 0 Å². The van der Waals surface area contributed by atoms with Crippen LogP contribution < -0.4 is 0 Å². The van der Waals surface area contributed by atoms with Gasteiger partial charge in [0.1, 0.15) is 11.9 Å². The zero-order chi connectivity index (χ0) is 13.0. The third kappa shape index (κ3) is 3.09. The summed E-state index contributed by atoms with van der Waals surface area (Å²) in [5.74, 6) is -0.993. The third-order valence-electron chi connectivity index (χ3n) is 2.39. The fourth-order valence-electron chi connectivity index (χ4n) is 1.40. The number of aliphatic hydroxyl groups excluding tert-OH is 2. The highest BCUT2D eigenvalue weighted by molar-refractivity contribution is 5.94. The molecule has 2 unspecified atom stereocenters. The number of hydrogen-bond donors (Lipinski definition) is 2. The fourth-order valence-corrected chi connectivity index (χ4v) is 1.40. The van der Waals surface area contributed by atoms with Crippen molar-refractivity contribution in [2.24, 2.45) is 0 Å². The highest BCUT2D eigenvalue weighted by atomic mass is 19.1. The Kier molecular flexibility index (Phi) is 4.32. The van der Waals surface area contributed by atoms with Gasteiger partial charge >= 0.3 is 0 Å². The second kappa shape index (κ2) is 5.53. The number of nitriles is 1. The monoisotopic (exact) mass is 237 g/mol. The van der Waals surface area contributed by atoms with Gasteiger partial charge in [-0.2, -0.15) is 5.26 Å². The first kappa shape index (κ1) is 13.3. The largest absolute Gasteiger partial charge is 0.389 e. The lowest BCUT2D eigenvalue weighted by molar-refractivity contribution is 0.0194. The molecular formula is C12H12FNO3. The van der Waals surface area contributed by atoms with Gasteiger partial charge in [0.15, 0.2) is 5.78 Å². The van der Waals surface area contributed by atoms with Gasteiger partial charge in [-0.05, 0) is 25.1 Å². The van der Waals surface area contributed by atoms with Crippen LogP contribution in [-0.4, -0.2) is 22.1 Å². The summed E-state index contributed by atoms with van der Waals surface area (Å²) in [5, 5.41) is 27.4. The molecule has 1 aromatic carbocycles. The van der Waals surface area contributed by atoms with Crippen LogP contribution >= 0.6 is 0 Å². The van der Waals surface area contributed by atoms with Crippen LogP contribution in [0.15, 0.2) is 18.2 Å². The molecule has 0 bridgehead atoms. The number of aliphatic hydroxyl groups is 2. The molecule has 2 atom stereocenters. The number of nitrogens with zero attached hydrogens (tertiary/aromatic N) is 1. The first-order chi connectivity index (χ1) is 7.97. The van der Waals surface area contributed by atoms with Gasteiger partial charge in [0.25, 0.3) is 0 Å². The van der Waals surface area contributed by atoms with Crippen LogP contribution in [0.4, 0.5) is 4.39 Å². The van der Waals surface area contributed by atoms with Gasteiger partial charge in [-0.25, -0.2) is 4.39 Å². The average molecular weight is 237 g/mol. The molecule has 0 aliphatic rings. The number of carbonyl (C=O) groups is 1. The van der Waals surface area contributed by atoms with Crippen molar-refractivity contribution < 1.29 is 19.4 Å². The normalized spacial score (nSPS) is 13.8. The van der Waals surface area contributed by atoms with Gasteiger partial charge in [-0.3, -0.25) is 4.79 Å². The molecule has 2 N–H and O–H groups in total. The van der Waals surface area contributed by atoms with E-state index in [4.69, 9.17) is 5.26 Å². The molecule has 1 rings (SSSR count). The van der Waals surface area contributed by atoms with Crippen molar-refractivity contribution in [3.8, 4) is 6.07 Å². The average Bonchev–Trinajstić information content (AvgIpc) is 2.28. The zero-order valence-electron chi connectivity index (χ0n) is 9.22. The smallest absolute Gasteiger partial charge is 0.159 e. The van der Waals surface area contributed by atoms with Crippen molar-refractivity contribution in [1.29, 1.82) is 5.26 Å². The second-order valence-corrected chi connectivity index (χ2v) is 3.67. The predicted octanol–water partition coefficient (Wildman–Crippen LogP) is 1.34. The molecule has 17 heavy (non-hydrogen) atoms. The van der Waals surface area contributed by atoms with Gasteiger partial charge in [0.05, 0.1) is 18.6 Å². The summed E-state index contributed by atoms with van der Waals surface area (Å²) in [7, 11) is 0. The highest BCUT2D eigenvalue weighted by Gasteiger charge is 2.22. The Balaban J connectivity index is 3.08. The molecule has 0 aromatic heterocycles. The summed E-state index contributed by atoms with van der Waals surface area (Å²) >= 11 is 0. The van der Waals surface area contributed by atoms with Gasteiger partial charge in [-0.15, -0.1) is 0 Å². The summed E-state index contributed by atoms with van der Waals surface area (Å²) in [5.41, 5.74) is 0.0602. The molecule has 0 heterocycles. The van der Waals surface area contributed by atoms with Crippen molar-refractivity contribution in [2.45, 2.75) is 25.6 Å². The Morgan fingerprint density at radius 3 is 2.71 bits per heavy atom. The van der Waals surface area contributed by atoms with Crippen molar-refractivity contribution in [1.82, 2.24) is 0 Å². The van der Waals surface area contributed by atoms with Crippen molar-refractivity contribution >= 4 is 5.78 Å². The molecule has 0 saturated carbocycles. The van der Waals surface area contributed by atoms with Gasteiger partial charge in [-0.1, -0.05) is 0 Å². The van der Waals surface area contributed by atoms with E-state index in [2.05, 4.69) is 0 Å². The van der Waals surface area contributed by atoms with Gasteiger partial charge < -0.3 is 10.2 Å². The molecule has 1 aromatic rings. The number of rotatable bonds is 4. The maximum Gasteiger partial charge on any atom is 0.159 e. The number of ketones is 1. The molecular weight excluding hydrogens is 225 g/mol. The summed E-state index contributed by atoms with van der Waals surface area (Å²) < 4.78 is 13.4. The van der Waals surface area contributed by atoms with Crippen LogP contribution in [0.1, 0.15) is 35.4 Å². The van der Waals surface area contributed by atoms with Crippen LogP contribution in [0.5, 0.6) is 0 Å². The van der Waals surface area contributed by atoms with E-state index in [-0.39, 0.29) is 23.3 Å². The minimum absolute atomic E-state index is 0.180. The van der Waals surface area contributed by atoms with Gasteiger partial charge in [0, 0.05) is 11.1 Å². The minimum atomic E-state index is -1.52. The predicted molar refractivity (Wildman–Crippen MR) is 57.6 cm³/mol. The lowest BCUT2D eigenvalue weighted by Gasteiger charge is -2.16. The molecule has 90 valence electrons. The second-order valence-electron chi connectivity index (χ2n) is 3.67. The van der Waals surface area contributed by atoms with Crippen molar-refractivity contribution in [3.05, 3.63) is 35.1 Å². The summed E-state index contributed by atoms with van der Waals surface area (Å²) in [6.45, 7) is 1.31. The first-order valence-electron chi connectivity index (χ1n) is 5.00. The molecule has 0 aliphatic carbocycles. The van der Waals surface area contributed by atoms with E-state index in [1.54, 1.807) is 6.07 Å². The van der Waals surface area contributed by atoms with Crippen LogP contribution in [-0.2, 0) is 0 Å². The lowest BCUT2D eigenvalue weighted by atomic mass is 9.99. The summed E-state index contributed by atoms with van der Waals surface area (Å²) in [6.07, 6.45) is -3.21. The molecule has 5 heteroatoms. The zero-order valence-corrected chi connectivity index (χ0v) is 9.22. The van der Waals surface area contributed by atoms with Crippen LogP contribution in [0, 0.1) is 17.1 Å². The molecule has 0 spiro atoms. The maximum absolute atomic E-state index is 13.4. The Labute approximate surface area is 97.9 Å². The molecule has 0 saturated heterocycles. The quantitative estimate of drug-likeness (QED) is 0.774. The Hall–Kier alpha value is -1.77. The molecule has 0 amide bonds. The fraction of sp³-hybridized carbons (Fsp3) is 0.333. The Bertz CT molecular complexity index is 467. The molecule has 0 fully saturated rings. The van der Waals surface area contributed by atoms with Crippen molar-refractivity contribution in [2.75, 3.05) is 0 Å². The van der Waals surface area contributed by atoms with E-state index >= 15 is 0 Å².